The summed E-state index contributed by atoms with van der Waals surface area (Å²) >= 11 is 0. The highest BCUT2D eigenvalue weighted by molar-refractivity contribution is 7.89. The third-order valence-corrected chi connectivity index (χ3v) is 6.54. The van der Waals surface area contributed by atoms with E-state index < -0.39 is 28.5 Å². The number of hydrogen-bond acceptors (Lipinski definition) is 6. The Labute approximate surface area is 198 Å². The first-order valence-electron chi connectivity index (χ1n) is 10.7. The van der Waals surface area contributed by atoms with Gasteiger partial charge in [-0.15, -0.1) is 0 Å². The minimum Gasteiger partial charge on any atom is -0.455 e. The van der Waals surface area contributed by atoms with Gasteiger partial charge < -0.3 is 14.8 Å². The predicted molar refractivity (Wildman–Crippen MR) is 126 cm³/mol. The minimum atomic E-state index is -3.71. The molecule has 3 aromatic rings. The van der Waals surface area contributed by atoms with Gasteiger partial charge in [-0.2, -0.15) is 0 Å². The lowest BCUT2D eigenvalue weighted by Gasteiger charge is -2.12. The Bertz CT molecular complexity index is 1300. The van der Waals surface area contributed by atoms with Gasteiger partial charge in [0, 0.05) is 6.04 Å². The van der Waals surface area contributed by atoms with E-state index in [9.17, 15) is 18.0 Å². The molecule has 176 valence electrons. The molecule has 4 rings (SSSR count). The number of ether oxygens (including phenoxy) is 2. The van der Waals surface area contributed by atoms with Crippen LogP contribution in [-0.4, -0.2) is 32.9 Å². The molecule has 0 aromatic heterocycles. The van der Waals surface area contributed by atoms with Crippen molar-refractivity contribution >= 4 is 27.6 Å². The third-order valence-electron chi connectivity index (χ3n) is 5.02. The average molecular weight is 481 g/mol. The van der Waals surface area contributed by atoms with Crippen molar-refractivity contribution in [3.63, 3.8) is 0 Å². The van der Waals surface area contributed by atoms with Gasteiger partial charge in [0.25, 0.3) is 5.91 Å². The summed E-state index contributed by atoms with van der Waals surface area (Å²) in [4.78, 5) is 24.8. The highest BCUT2D eigenvalue weighted by Gasteiger charge is 2.28. The van der Waals surface area contributed by atoms with Crippen LogP contribution in [0.5, 0.6) is 11.5 Å². The van der Waals surface area contributed by atoms with Crippen molar-refractivity contribution in [2.24, 2.45) is 0 Å². The summed E-state index contributed by atoms with van der Waals surface area (Å²) in [5, 5.41) is 2.67. The van der Waals surface area contributed by atoms with Gasteiger partial charge in [-0.3, -0.25) is 4.79 Å². The number of nitrogens with one attached hydrogen (secondary N) is 2. The molecule has 0 atom stereocenters. The fourth-order valence-electron chi connectivity index (χ4n) is 3.07. The van der Waals surface area contributed by atoms with E-state index in [0.29, 0.717) is 17.2 Å². The Morgan fingerprint density at radius 3 is 2.44 bits per heavy atom. The zero-order chi connectivity index (χ0) is 24.1. The molecule has 0 radical (unpaired) electrons. The molecule has 0 unspecified atom stereocenters. The van der Waals surface area contributed by atoms with E-state index in [0.717, 1.165) is 18.4 Å². The van der Waals surface area contributed by atoms with E-state index in [1.165, 1.54) is 24.3 Å². The molecule has 1 aliphatic carbocycles. The Kier molecular flexibility index (Phi) is 6.95. The van der Waals surface area contributed by atoms with Crippen molar-refractivity contribution < 1.29 is 27.5 Å². The van der Waals surface area contributed by atoms with E-state index >= 15 is 0 Å². The molecule has 0 heterocycles. The van der Waals surface area contributed by atoms with Crippen molar-refractivity contribution in [2.45, 2.75) is 30.7 Å². The monoisotopic (exact) mass is 480 g/mol. The molecule has 1 fully saturated rings. The number of benzene rings is 3. The molecule has 34 heavy (non-hydrogen) atoms. The predicted octanol–water partition coefficient (Wildman–Crippen LogP) is 4.02. The lowest BCUT2D eigenvalue weighted by molar-refractivity contribution is -0.119. The second-order valence-corrected chi connectivity index (χ2v) is 9.67. The second kappa shape index (κ2) is 10.1. The summed E-state index contributed by atoms with van der Waals surface area (Å²) in [7, 11) is -3.71. The van der Waals surface area contributed by atoms with Crippen LogP contribution in [0.4, 0.5) is 5.69 Å². The molecule has 0 bridgehead atoms. The van der Waals surface area contributed by atoms with Gasteiger partial charge >= 0.3 is 5.97 Å². The summed E-state index contributed by atoms with van der Waals surface area (Å²) in [5.74, 6) is -0.313. The molecule has 0 spiro atoms. The molecule has 1 amide bonds. The van der Waals surface area contributed by atoms with Crippen molar-refractivity contribution in [3.8, 4) is 11.5 Å². The second-order valence-electron chi connectivity index (χ2n) is 7.96. The number of para-hydroxylation sites is 2. The largest absolute Gasteiger partial charge is 0.455 e. The van der Waals surface area contributed by atoms with Crippen LogP contribution in [0.25, 0.3) is 0 Å². The Hall–Kier alpha value is -3.69. The van der Waals surface area contributed by atoms with Crippen molar-refractivity contribution in [3.05, 3.63) is 83.9 Å². The zero-order valence-electron chi connectivity index (χ0n) is 18.5. The first-order valence-corrected chi connectivity index (χ1v) is 12.2. The van der Waals surface area contributed by atoms with Gasteiger partial charge in [0.1, 0.15) is 5.75 Å². The molecule has 8 nitrogen and oxygen atoms in total. The van der Waals surface area contributed by atoms with E-state index in [-0.39, 0.29) is 16.5 Å². The summed E-state index contributed by atoms with van der Waals surface area (Å²) in [6.07, 6.45) is 1.60. The number of hydrogen-bond donors (Lipinski definition) is 2. The fourth-order valence-corrected chi connectivity index (χ4v) is 4.42. The standard InChI is InChI=1S/C25H24N2O6S/c1-17-9-13-20(14-10-17)33-23-8-3-2-7-22(23)26-24(28)16-32-25(29)18-5-4-6-21(15-18)34(30,31)27-19-11-12-19/h2-10,13-15,19,27H,11-12,16H2,1H3,(H,26,28). The molecule has 0 saturated heterocycles. The molecule has 1 saturated carbocycles. The topological polar surface area (TPSA) is 111 Å². The number of aryl methyl sites for hydroxylation is 1. The number of amides is 1. The van der Waals surface area contributed by atoms with Crippen molar-refractivity contribution in [2.75, 3.05) is 11.9 Å². The smallest absolute Gasteiger partial charge is 0.338 e. The molecular formula is C25H24N2O6S. The van der Waals surface area contributed by atoms with Crippen LogP contribution in [0, 0.1) is 6.92 Å². The third kappa shape index (κ3) is 6.21. The van der Waals surface area contributed by atoms with Crippen molar-refractivity contribution in [1.29, 1.82) is 0 Å². The normalized spacial score (nSPS) is 13.2. The molecule has 2 N–H and O–H groups in total. The maximum Gasteiger partial charge on any atom is 0.338 e. The van der Waals surface area contributed by atoms with Gasteiger partial charge in [0.2, 0.25) is 10.0 Å². The minimum absolute atomic E-state index is 0.0273. The number of esters is 1. The van der Waals surface area contributed by atoms with Crippen LogP contribution < -0.4 is 14.8 Å². The summed E-state index contributed by atoms with van der Waals surface area (Å²) in [6, 6.07) is 19.8. The number of anilines is 1. The zero-order valence-corrected chi connectivity index (χ0v) is 19.3. The first kappa shape index (κ1) is 23.5. The maximum atomic E-state index is 12.4. The Morgan fingerprint density at radius 2 is 1.71 bits per heavy atom. The fraction of sp³-hybridized carbons (Fsp3) is 0.200. The van der Waals surface area contributed by atoms with E-state index in [4.69, 9.17) is 9.47 Å². The molecule has 3 aromatic carbocycles. The van der Waals surface area contributed by atoms with Gasteiger partial charge in [0.15, 0.2) is 12.4 Å². The maximum absolute atomic E-state index is 12.4. The van der Waals surface area contributed by atoms with Crippen LogP contribution in [0.1, 0.15) is 28.8 Å². The lowest BCUT2D eigenvalue weighted by atomic mass is 10.2. The number of carbonyl (C=O) groups excluding carboxylic acids is 2. The van der Waals surface area contributed by atoms with Gasteiger partial charge in [0.05, 0.1) is 16.1 Å². The van der Waals surface area contributed by atoms with Crippen LogP contribution in [0.3, 0.4) is 0 Å². The van der Waals surface area contributed by atoms with Crippen LogP contribution >= 0.6 is 0 Å². The Morgan fingerprint density at radius 1 is 0.971 bits per heavy atom. The number of sulfonamides is 1. The van der Waals surface area contributed by atoms with Crippen molar-refractivity contribution in [1.82, 2.24) is 4.72 Å². The highest BCUT2D eigenvalue weighted by atomic mass is 32.2. The summed E-state index contributed by atoms with van der Waals surface area (Å²) in [6.45, 7) is 1.43. The van der Waals surface area contributed by atoms with E-state index in [2.05, 4.69) is 10.0 Å². The summed E-state index contributed by atoms with van der Waals surface area (Å²) in [5.41, 5.74) is 1.55. The average Bonchev–Trinajstić information content (AvgIpc) is 3.63. The Balaban J connectivity index is 1.36. The van der Waals surface area contributed by atoms with Gasteiger partial charge in [-0.05, 0) is 62.2 Å². The van der Waals surface area contributed by atoms with Crippen LogP contribution in [0.2, 0.25) is 0 Å². The highest BCUT2D eigenvalue weighted by Crippen LogP contribution is 2.29. The van der Waals surface area contributed by atoms with Crippen LogP contribution in [-0.2, 0) is 19.6 Å². The van der Waals surface area contributed by atoms with Gasteiger partial charge in [-0.1, -0.05) is 35.9 Å². The van der Waals surface area contributed by atoms with Gasteiger partial charge in [-0.25, -0.2) is 17.9 Å². The van der Waals surface area contributed by atoms with E-state index in [1.54, 1.807) is 24.3 Å². The number of carbonyl (C=O) groups is 2. The molecule has 9 heteroatoms. The first-order chi connectivity index (χ1) is 16.3. The molecular weight excluding hydrogens is 456 g/mol. The quantitative estimate of drug-likeness (QED) is 0.448. The SMILES string of the molecule is Cc1ccc(Oc2ccccc2NC(=O)COC(=O)c2cccc(S(=O)(=O)NC3CC3)c2)cc1. The molecule has 1 aliphatic rings. The molecule has 0 aliphatic heterocycles. The van der Waals surface area contributed by atoms with E-state index in [1.807, 2.05) is 31.2 Å². The van der Waals surface area contributed by atoms with Crippen LogP contribution in [0.15, 0.2) is 77.7 Å². The number of rotatable bonds is 9. The lowest BCUT2D eigenvalue weighted by Crippen LogP contribution is -2.26. The summed E-state index contributed by atoms with van der Waals surface area (Å²) < 4.78 is 38.2.